The van der Waals surface area contributed by atoms with E-state index in [4.69, 9.17) is 11.5 Å². The molecule has 1 saturated carbocycles. The molecular weight excluding hydrogens is 320 g/mol. The maximum atomic E-state index is 13.0. The zero-order chi connectivity index (χ0) is 10.9. The Balaban J connectivity index is 0.00000128. The van der Waals surface area contributed by atoms with E-state index in [-0.39, 0.29) is 41.2 Å². The van der Waals surface area contributed by atoms with E-state index in [1.54, 1.807) is 12.1 Å². The molecule has 1 aromatic carbocycles. The summed E-state index contributed by atoms with van der Waals surface area (Å²) in [6.45, 7) is 0.554. The van der Waals surface area contributed by atoms with Gasteiger partial charge in [0.05, 0.1) is 6.54 Å². The second kappa shape index (κ2) is 4.99. The van der Waals surface area contributed by atoms with Crippen molar-refractivity contribution in [2.75, 3.05) is 6.54 Å². The van der Waals surface area contributed by atoms with Gasteiger partial charge in [-0.05, 0) is 30.5 Å². The van der Waals surface area contributed by atoms with Crippen LogP contribution in [0.3, 0.4) is 0 Å². The molecule has 0 radical (unpaired) electrons. The van der Waals surface area contributed by atoms with E-state index in [1.165, 1.54) is 6.07 Å². The lowest BCUT2D eigenvalue weighted by Gasteiger charge is -2.12. The third kappa shape index (κ3) is 2.84. The van der Waals surface area contributed by atoms with Crippen LogP contribution >= 0.6 is 24.0 Å². The molecule has 0 aliphatic heterocycles. The third-order valence-corrected chi connectivity index (χ3v) is 2.85. The van der Waals surface area contributed by atoms with Gasteiger partial charge in [0.2, 0.25) is 0 Å². The van der Waals surface area contributed by atoms with Crippen molar-refractivity contribution in [1.82, 2.24) is 0 Å². The second-order valence-electron chi connectivity index (χ2n) is 4.03. The first kappa shape index (κ1) is 13.2. The smallest absolute Gasteiger partial charge is 0.185 e. The molecule has 1 aromatic rings. The van der Waals surface area contributed by atoms with Crippen LogP contribution in [0.5, 0.6) is 0 Å². The van der Waals surface area contributed by atoms with E-state index in [0.717, 1.165) is 18.4 Å². The van der Waals surface area contributed by atoms with E-state index in [2.05, 4.69) is 4.99 Å². The molecular formula is C11H15FIN3. The quantitative estimate of drug-likeness (QED) is 0.502. The van der Waals surface area contributed by atoms with Crippen LogP contribution in [0, 0.1) is 5.82 Å². The zero-order valence-corrected chi connectivity index (χ0v) is 11.1. The first-order valence-electron chi connectivity index (χ1n) is 4.94. The summed E-state index contributed by atoms with van der Waals surface area (Å²) >= 11 is 0. The van der Waals surface area contributed by atoms with Gasteiger partial charge in [-0.2, -0.15) is 0 Å². The van der Waals surface area contributed by atoms with Crippen LogP contribution < -0.4 is 11.5 Å². The van der Waals surface area contributed by atoms with Gasteiger partial charge in [0.25, 0.3) is 0 Å². The van der Waals surface area contributed by atoms with Crippen molar-refractivity contribution in [2.24, 2.45) is 16.5 Å². The van der Waals surface area contributed by atoms with Crippen LogP contribution in [0.1, 0.15) is 18.4 Å². The minimum absolute atomic E-state index is 0. The van der Waals surface area contributed by atoms with Crippen molar-refractivity contribution in [1.29, 1.82) is 0 Å². The number of hydrogen-bond donors (Lipinski definition) is 2. The number of nitrogens with zero attached hydrogens (tertiary/aromatic N) is 1. The Morgan fingerprint density at radius 2 is 2.06 bits per heavy atom. The van der Waals surface area contributed by atoms with Crippen molar-refractivity contribution in [3.63, 3.8) is 0 Å². The fourth-order valence-corrected chi connectivity index (χ4v) is 1.75. The lowest BCUT2D eigenvalue weighted by Crippen LogP contribution is -2.25. The SMILES string of the molecule is I.NC(N)=NCC1(c2cccc(F)c2)CC1. The standard InChI is InChI=1S/C11H14FN3.HI/c12-9-3-1-2-8(6-9)11(4-5-11)7-15-10(13)14;/h1-3,6H,4-5,7H2,(H4,13,14,15);1H. The summed E-state index contributed by atoms with van der Waals surface area (Å²) in [5.74, 6) is -0.110. The number of halogens is 2. The summed E-state index contributed by atoms with van der Waals surface area (Å²) in [6.07, 6.45) is 2.04. The third-order valence-electron chi connectivity index (χ3n) is 2.85. The van der Waals surface area contributed by atoms with E-state index in [0.29, 0.717) is 6.54 Å². The van der Waals surface area contributed by atoms with Gasteiger partial charge in [0.1, 0.15) is 5.82 Å². The van der Waals surface area contributed by atoms with Crippen LogP contribution in [-0.4, -0.2) is 12.5 Å². The fourth-order valence-electron chi connectivity index (χ4n) is 1.75. The highest BCUT2D eigenvalue weighted by Gasteiger charge is 2.44. The predicted octanol–water partition coefficient (Wildman–Crippen LogP) is 1.75. The van der Waals surface area contributed by atoms with Crippen molar-refractivity contribution < 1.29 is 4.39 Å². The highest BCUT2D eigenvalue weighted by atomic mass is 127. The Kier molecular flexibility index (Phi) is 4.12. The second-order valence-corrected chi connectivity index (χ2v) is 4.03. The molecule has 0 atom stereocenters. The van der Waals surface area contributed by atoms with Gasteiger partial charge in [-0.25, -0.2) is 4.39 Å². The molecule has 0 heterocycles. The first-order valence-corrected chi connectivity index (χ1v) is 4.94. The van der Waals surface area contributed by atoms with Gasteiger partial charge in [-0.1, -0.05) is 12.1 Å². The van der Waals surface area contributed by atoms with Crippen molar-refractivity contribution in [3.05, 3.63) is 35.6 Å². The Hall–Kier alpha value is -0.850. The molecule has 1 aliphatic rings. The molecule has 0 spiro atoms. The van der Waals surface area contributed by atoms with E-state index < -0.39 is 0 Å². The molecule has 0 bridgehead atoms. The summed E-state index contributed by atoms with van der Waals surface area (Å²) in [6, 6.07) is 6.66. The molecule has 0 aromatic heterocycles. The lowest BCUT2D eigenvalue weighted by molar-refractivity contribution is 0.616. The molecule has 5 heteroatoms. The van der Waals surface area contributed by atoms with Crippen LogP contribution in [0.15, 0.2) is 29.3 Å². The van der Waals surface area contributed by atoms with Crippen LogP contribution in [-0.2, 0) is 5.41 Å². The number of aliphatic imine (C=N–C) groups is 1. The lowest BCUT2D eigenvalue weighted by atomic mass is 9.96. The summed E-state index contributed by atoms with van der Waals surface area (Å²) < 4.78 is 13.0. The molecule has 4 N–H and O–H groups in total. The minimum Gasteiger partial charge on any atom is -0.370 e. The summed E-state index contributed by atoms with van der Waals surface area (Å²) in [5.41, 5.74) is 11.5. The average molecular weight is 335 g/mol. The van der Waals surface area contributed by atoms with Gasteiger partial charge < -0.3 is 11.5 Å². The van der Waals surface area contributed by atoms with Gasteiger partial charge >= 0.3 is 0 Å². The number of rotatable bonds is 3. The minimum atomic E-state index is -0.205. The molecule has 0 saturated heterocycles. The molecule has 1 fully saturated rings. The summed E-state index contributed by atoms with van der Waals surface area (Å²) in [5, 5.41) is 0. The Morgan fingerprint density at radius 1 is 1.38 bits per heavy atom. The van der Waals surface area contributed by atoms with Crippen molar-refractivity contribution in [3.8, 4) is 0 Å². The first-order chi connectivity index (χ1) is 7.12. The summed E-state index contributed by atoms with van der Waals surface area (Å²) in [7, 11) is 0. The van der Waals surface area contributed by atoms with Gasteiger partial charge in [-0.15, -0.1) is 24.0 Å². The number of hydrogen-bond acceptors (Lipinski definition) is 1. The average Bonchev–Trinajstić information content (AvgIpc) is 2.96. The Labute approximate surface area is 111 Å². The molecule has 88 valence electrons. The maximum Gasteiger partial charge on any atom is 0.185 e. The topological polar surface area (TPSA) is 64.4 Å². The van der Waals surface area contributed by atoms with Crippen LogP contribution in [0.4, 0.5) is 4.39 Å². The monoisotopic (exact) mass is 335 g/mol. The van der Waals surface area contributed by atoms with Crippen molar-refractivity contribution in [2.45, 2.75) is 18.3 Å². The van der Waals surface area contributed by atoms with E-state index >= 15 is 0 Å². The van der Waals surface area contributed by atoms with Crippen LogP contribution in [0.2, 0.25) is 0 Å². The fraction of sp³-hybridized carbons (Fsp3) is 0.364. The number of benzene rings is 1. The highest BCUT2D eigenvalue weighted by molar-refractivity contribution is 14.0. The molecule has 2 rings (SSSR count). The maximum absolute atomic E-state index is 13.0. The molecule has 3 nitrogen and oxygen atoms in total. The van der Waals surface area contributed by atoms with Crippen molar-refractivity contribution >= 4 is 29.9 Å². The normalized spacial score (nSPS) is 16.1. The van der Waals surface area contributed by atoms with Crippen LogP contribution in [0.25, 0.3) is 0 Å². The molecule has 16 heavy (non-hydrogen) atoms. The zero-order valence-electron chi connectivity index (χ0n) is 8.82. The molecule has 1 aliphatic carbocycles. The number of nitrogens with two attached hydrogens (primary N) is 2. The summed E-state index contributed by atoms with van der Waals surface area (Å²) in [4.78, 5) is 4.01. The largest absolute Gasteiger partial charge is 0.370 e. The van der Waals surface area contributed by atoms with Gasteiger partial charge in [0, 0.05) is 5.41 Å². The molecule has 0 amide bonds. The highest BCUT2D eigenvalue weighted by Crippen LogP contribution is 2.48. The van der Waals surface area contributed by atoms with E-state index in [9.17, 15) is 4.39 Å². The molecule has 0 unspecified atom stereocenters. The number of guanidine groups is 1. The van der Waals surface area contributed by atoms with Gasteiger partial charge in [-0.3, -0.25) is 4.99 Å². The van der Waals surface area contributed by atoms with E-state index in [1.807, 2.05) is 6.07 Å². The predicted molar refractivity (Wildman–Crippen MR) is 73.4 cm³/mol. The Morgan fingerprint density at radius 3 is 2.56 bits per heavy atom. The Bertz CT molecular complexity index is 398. The van der Waals surface area contributed by atoms with Gasteiger partial charge in [0.15, 0.2) is 5.96 Å².